The van der Waals surface area contributed by atoms with Crippen LogP contribution in [0.2, 0.25) is 0 Å². The molecule has 0 radical (unpaired) electrons. The lowest BCUT2D eigenvalue weighted by molar-refractivity contribution is -0.0525. The van der Waals surface area contributed by atoms with E-state index in [1.54, 1.807) is 11.3 Å². The molecule has 1 atom stereocenters. The van der Waals surface area contributed by atoms with Crippen molar-refractivity contribution in [3.63, 3.8) is 0 Å². The molecule has 3 N–H and O–H groups in total. The first kappa shape index (κ1) is 11.7. The predicted molar refractivity (Wildman–Crippen MR) is 61.5 cm³/mol. The normalized spacial score (nSPS) is 16.7. The van der Waals surface area contributed by atoms with Crippen LogP contribution < -0.4 is 5.73 Å². The Labute approximate surface area is 89.8 Å². The Morgan fingerprint density at radius 1 is 1.36 bits per heavy atom. The number of hydrogen-bond acceptors (Lipinski definition) is 3. The molecule has 3 heteroatoms. The monoisotopic (exact) mass is 213 g/mol. The lowest BCUT2D eigenvalue weighted by atomic mass is 9.75. The van der Waals surface area contributed by atoms with Gasteiger partial charge in [0.05, 0.1) is 0 Å². The molecule has 0 aliphatic carbocycles. The molecular weight excluding hydrogens is 194 g/mol. The van der Waals surface area contributed by atoms with E-state index in [2.05, 4.69) is 0 Å². The first-order valence-corrected chi connectivity index (χ1v) is 5.62. The van der Waals surface area contributed by atoms with Gasteiger partial charge in [-0.15, -0.1) is 11.3 Å². The zero-order chi connectivity index (χ0) is 11.0. The second-order valence-corrected chi connectivity index (χ2v) is 6.01. The van der Waals surface area contributed by atoms with Gasteiger partial charge in [-0.2, -0.15) is 0 Å². The summed E-state index contributed by atoms with van der Waals surface area (Å²) in [5, 5.41) is 10.5. The van der Waals surface area contributed by atoms with Gasteiger partial charge >= 0.3 is 0 Å². The van der Waals surface area contributed by atoms with Crippen molar-refractivity contribution in [1.82, 2.24) is 0 Å². The summed E-state index contributed by atoms with van der Waals surface area (Å²) < 4.78 is 0. The third kappa shape index (κ3) is 1.85. The molecule has 1 aromatic rings. The average Bonchev–Trinajstić information content (AvgIpc) is 2.48. The maximum Gasteiger partial charge on any atom is 0.116 e. The minimum absolute atomic E-state index is 0.237. The predicted octanol–water partition coefficient (Wildman–Crippen LogP) is 2.25. The standard InChI is InChI=1S/C11H19NOS/c1-8-5-6-9(14-8)11(13,7-12)10(2,3)4/h5-6,13H,7,12H2,1-4H3. The minimum Gasteiger partial charge on any atom is -0.382 e. The first-order valence-electron chi connectivity index (χ1n) is 4.80. The van der Waals surface area contributed by atoms with E-state index in [0.717, 1.165) is 4.88 Å². The summed E-state index contributed by atoms with van der Waals surface area (Å²) in [6.07, 6.45) is 0. The van der Waals surface area contributed by atoms with Crippen LogP contribution in [0.5, 0.6) is 0 Å². The summed E-state index contributed by atoms with van der Waals surface area (Å²) in [5.74, 6) is 0. The molecule has 1 aromatic heterocycles. The summed E-state index contributed by atoms with van der Waals surface area (Å²) in [5.41, 5.74) is 4.54. The highest BCUT2D eigenvalue weighted by Gasteiger charge is 2.41. The van der Waals surface area contributed by atoms with Gasteiger partial charge in [0.1, 0.15) is 5.60 Å². The van der Waals surface area contributed by atoms with E-state index in [1.165, 1.54) is 4.88 Å². The van der Waals surface area contributed by atoms with Crippen LogP contribution in [0, 0.1) is 12.3 Å². The van der Waals surface area contributed by atoms with Crippen molar-refractivity contribution in [2.45, 2.75) is 33.3 Å². The van der Waals surface area contributed by atoms with Crippen LogP contribution in [0.15, 0.2) is 12.1 Å². The number of aliphatic hydroxyl groups is 1. The second-order valence-electron chi connectivity index (χ2n) is 4.72. The Kier molecular flexibility index (Phi) is 3.04. The van der Waals surface area contributed by atoms with Crippen LogP contribution in [-0.4, -0.2) is 11.7 Å². The third-order valence-corrected chi connectivity index (χ3v) is 3.84. The Hall–Kier alpha value is -0.380. The Morgan fingerprint density at radius 2 is 1.93 bits per heavy atom. The summed E-state index contributed by atoms with van der Waals surface area (Å²) in [6.45, 7) is 8.32. The van der Waals surface area contributed by atoms with Gasteiger partial charge in [0.25, 0.3) is 0 Å². The smallest absolute Gasteiger partial charge is 0.116 e. The minimum atomic E-state index is -0.911. The average molecular weight is 213 g/mol. The second kappa shape index (κ2) is 3.65. The molecule has 0 fully saturated rings. The summed E-state index contributed by atoms with van der Waals surface area (Å²) in [7, 11) is 0. The zero-order valence-corrected chi connectivity index (χ0v) is 10.1. The fraction of sp³-hybridized carbons (Fsp3) is 0.636. The fourth-order valence-corrected chi connectivity index (χ4v) is 2.61. The van der Waals surface area contributed by atoms with Crippen LogP contribution in [0.3, 0.4) is 0 Å². The lowest BCUT2D eigenvalue weighted by Crippen LogP contribution is -2.45. The SMILES string of the molecule is Cc1ccc(C(O)(CN)C(C)(C)C)s1. The van der Waals surface area contributed by atoms with Gasteiger partial charge in [-0.25, -0.2) is 0 Å². The van der Waals surface area contributed by atoms with E-state index in [9.17, 15) is 5.11 Å². The van der Waals surface area contributed by atoms with E-state index in [1.807, 2.05) is 39.8 Å². The topological polar surface area (TPSA) is 46.2 Å². The van der Waals surface area contributed by atoms with Gasteiger partial charge in [-0.3, -0.25) is 0 Å². The molecule has 80 valence electrons. The third-order valence-electron chi connectivity index (χ3n) is 2.68. The Balaban J connectivity index is 3.14. The van der Waals surface area contributed by atoms with Crippen LogP contribution in [0.25, 0.3) is 0 Å². The summed E-state index contributed by atoms with van der Waals surface area (Å²) >= 11 is 1.62. The van der Waals surface area contributed by atoms with Gasteiger partial charge in [-0.05, 0) is 24.5 Å². The number of rotatable bonds is 2. The molecule has 0 saturated heterocycles. The molecule has 0 spiro atoms. The Bertz CT molecular complexity index is 313. The summed E-state index contributed by atoms with van der Waals surface area (Å²) in [6, 6.07) is 3.99. The maximum atomic E-state index is 10.5. The van der Waals surface area contributed by atoms with Crippen molar-refractivity contribution >= 4 is 11.3 Å². The number of thiophene rings is 1. The van der Waals surface area contributed by atoms with Crippen molar-refractivity contribution in [3.8, 4) is 0 Å². The molecule has 0 amide bonds. The van der Waals surface area contributed by atoms with E-state index in [-0.39, 0.29) is 12.0 Å². The van der Waals surface area contributed by atoms with Crippen molar-refractivity contribution in [1.29, 1.82) is 0 Å². The van der Waals surface area contributed by atoms with Gasteiger partial charge < -0.3 is 10.8 Å². The van der Waals surface area contributed by atoms with Crippen LogP contribution >= 0.6 is 11.3 Å². The van der Waals surface area contributed by atoms with E-state index in [4.69, 9.17) is 5.73 Å². The fourth-order valence-electron chi connectivity index (χ4n) is 1.43. The van der Waals surface area contributed by atoms with Gasteiger partial charge in [0.15, 0.2) is 0 Å². The van der Waals surface area contributed by atoms with Crippen molar-refractivity contribution < 1.29 is 5.11 Å². The molecular formula is C11H19NOS. The molecule has 0 aliphatic heterocycles. The van der Waals surface area contributed by atoms with Crippen LogP contribution in [-0.2, 0) is 5.60 Å². The molecule has 2 nitrogen and oxygen atoms in total. The van der Waals surface area contributed by atoms with Gasteiger partial charge in [0, 0.05) is 16.3 Å². The molecule has 0 saturated carbocycles. The van der Waals surface area contributed by atoms with Gasteiger partial charge in [0.2, 0.25) is 0 Å². The molecule has 1 unspecified atom stereocenters. The van der Waals surface area contributed by atoms with E-state index < -0.39 is 5.60 Å². The molecule has 0 bridgehead atoms. The van der Waals surface area contributed by atoms with Crippen LogP contribution in [0.4, 0.5) is 0 Å². The van der Waals surface area contributed by atoms with Gasteiger partial charge in [-0.1, -0.05) is 20.8 Å². The quantitative estimate of drug-likeness (QED) is 0.791. The van der Waals surface area contributed by atoms with E-state index in [0.29, 0.717) is 0 Å². The first-order chi connectivity index (χ1) is 6.31. The van der Waals surface area contributed by atoms with Crippen molar-refractivity contribution in [2.24, 2.45) is 11.1 Å². The van der Waals surface area contributed by atoms with Crippen LogP contribution in [0.1, 0.15) is 30.5 Å². The van der Waals surface area contributed by atoms with E-state index >= 15 is 0 Å². The molecule has 1 rings (SSSR count). The highest BCUT2D eigenvalue weighted by atomic mass is 32.1. The highest BCUT2D eigenvalue weighted by molar-refractivity contribution is 7.12. The lowest BCUT2D eigenvalue weighted by Gasteiger charge is -2.38. The van der Waals surface area contributed by atoms with Crippen molar-refractivity contribution in [2.75, 3.05) is 6.54 Å². The zero-order valence-electron chi connectivity index (χ0n) is 9.29. The molecule has 0 aliphatic rings. The maximum absolute atomic E-state index is 10.5. The Morgan fingerprint density at radius 3 is 2.21 bits per heavy atom. The molecule has 14 heavy (non-hydrogen) atoms. The molecule has 1 heterocycles. The highest BCUT2D eigenvalue weighted by Crippen LogP contribution is 2.41. The number of aryl methyl sites for hydroxylation is 1. The number of nitrogens with two attached hydrogens (primary N) is 1. The van der Waals surface area contributed by atoms with Crippen molar-refractivity contribution in [3.05, 3.63) is 21.9 Å². The largest absolute Gasteiger partial charge is 0.382 e. The summed E-state index contributed by atoms with van der Waals surface area (Å²) in [4.78, 5) is 2.17. The molecule has 0 aromatic carbocycles. The number of hydrogen-bond donors (Lipinski definition) is 2.